The Kier molecular flexibility index (Phi) is 4.94. The number of anilines is 2. The van der Waals surface area contributed by atoms with Crippen LogP contribution in [0.3, 0.4) is 0 Å². The Balaban J connectivity index is 1.87. The van der Waals surface area contributed by atoms with Crippen molar-refractivity contribution in [1.82, 2.24) is 15.0 Å². The Morgan fingerprint density at radius 1 is 1.21 bits per heavy atom. The number of halogens is 1. The first-order chi connectivity index (χ1) is 13.7. The van der Waals surface area contributed by atoms with Crippen LogP contribution in [0.15, 0.2) is 18.3 Å². The predicted molar refractivity (Wildman–Crippen MR) is 108 cm³/mol. The van der Waals surface area contributed by atoms with Gasteiger partial charge in [-0.25, -0.2) is 27.8 Å². The zero-order chi connectivity index (χ0) is 20.8. The molecule has 8 nitrogen and oxygen atoms in total. The van der Waals surface area contributed by atoms with Crippen molar-refractivity contribution in [2.24, 2.45) is 0 Å². The average molecular weight is 421 g/mol. The molecule has 0 unspecified atom stereocenters. The van der Waals surface area contributed by atoms with Crippen LogP contribution in [0.4, 0.5) is 16.2 Å². The maximum Gasteiger partial charge on any atom is 0.226 e. The summed E-state index contributed by atoms with van der Waals surface area (Å²) in [5.41, 5.74) is 6.44. The number of pyridine rings is 1. The summed E-state index contributed by atoms with van der Waals surface area (Å²) in [4.78, 5) is 15.1. The van der Waals surface area contributed by atoms with E-state index >= 15 is 0 Å². The number of nitrogen functional groups attached to an aromatic ring is 1. The van der Waals surface area contributed by atoms with E-state index in [9.17, 15) is 12.8 Å². The predicted octanol–water partition coefficient (Wildman–Crippen LogP) is 1.91. The van der Waals surface area contributed by atoms with Gasteiger partial charge in [-0.2, -0.15) is 0 Å². The molecule has 2 aromatic heterocycles. The molecule has 0 atom stereocenters. The molecule has 4 rings (SSSR count). The zero-order valence-electron chi connectivity index (χ0n) is 16.4. The van der Waals surface area contributed by atoms with Crippen molar-refractivity contribution in [3.8, 4) is 11.3 Å². The van der Waals surface area contributed by atoms with Gasteiger partial charge in [0, 0.05) is 25.4 Å². The van der Waals surface area contributed by atoms with Crippen LogP contribution >= 0.6 is 0 Å². The van der Waals surface area contributed by atoms with Crippen molar-refractivity contribution in [3.05, 3.63) is 29.8 Å². The van der Waals surface area contributed by atoms with Crippen LogP contribution in [0.25, 0.3) is 11.3 Å². The molecule has 3 heterocycles. The summed E-state index contributed by atoms with van der Waals surface area (Å²) >= 11 is 0. The van der Waals surface area contributed by atoms with Crippen molar-refractivity contribution < 1.29 is 17.5 Å². The molecule has 2 N–H and O–H groups in total. The fraction of sp³-hybridized carbons (Fsp3) is 0.526. The lowest BCUT2D eigenvalue weighted by atomic mass is 10.1. The van der Waals surface area contributed by atoms with E-state index in [1.807, 2.05) is 4.90 Å². The molecule has 1 aliphatic heterocycles. The van der Waals surface area contributed by atoms with Gasteiger partial charge in [-0.05, 0) is 32.8 Å². The van der Waals surface area contributed by atoms with Gasteiger partial charge >= 0.3 is 0 Å². The quantitative estimate of drug-likeness (QED) is 0.779. The number of hydrogen-bond acceptors (Lipinski definition) is 8. The van der Waals surface area contributed by atoms with Crippen LogP contribution < -0.4 is 10.6 Å². The second-order valence-electron chi connectivity index (χ2n) is 7.71. The number of sulfone groups is 1. The Hall–Kier alpha value is -2.33. The molecule has 0 radical (unpaired) electrons. The van der Waals surface area contributed by atoms with Crippen molar-refractivity contribution in [2.45, 2.75) is 36.7 Å². The molecule has 2 aliphatic rings. The number of nitrogens with zero attached hydrogens (tertiary/aromatic N) is 4. The molecule has 2 aromatic rings. The molecule has 0 amide bonds. The first-order valence-electron chi connectivity index (χ1n) is 9.62. The molecule has 2 fully saturated rings. The third-order valence-electron chi connectivity index (χ3n) is 5.50. The highest BCUT2D eigenvalue weighted by Crippen LogP contribution is 2.54. The topological polar surface area (TPSA) is 111 Å². The normalized spacial score (nSPS) is 18.8. The minimum absolute atomic E-state index is 0.0648. The van der Waals surface area contributed by atoms with Gasteiger partial charge in [0.15, 0.2) is 9.84 Å². The van der Waals surface area contributed by atoms with Gasteiger partial charge in [0.05, 0.1) is 35.4 Å². The molecule has 0 aromatic carbocycles. The highest BCUT2D eigenvalue weighted by Gasteiger charge is 2.58. The van der Waals surface area contributed by atoms with Gasteiger partial charge in [-0.1, -0.05) is 0 Å². The molecule has 156 valence electrons. The van der Waals surface area contributed by atoms with Gasteiger partial charge in [-0.3, -0.25) is 0 Å². The third kappa shape index (κ3) is 3.44. The Bertz CT molecular complexity index is 1030. The third-order valence-corrected chi connectivity index (χ3v) is 8.44. The van der Waals surface area contributed by atoms with Crippen LogP contribution in [0.2, 0.25) is 0 Å². The van der Waals surface area contributed by atoms with Gasteiger partial charge in [0.25, 0.3) is 0 Å². The SMILES string of the molecule is CC(C)S(=O)(=O)C1(c2cc(-c3cnc(N)cc3F)nc(N3CCOCC3)n2)CC1. The number of rotatable bonds is 5. The number of ether oxygens (including phenoxy) is 1. The number of aromatic nitrogens is 3. The van der Waals surface area contributed by atoms with E-state index in [4.69, 9.17) is 10.5 Å². The van der Waals surface area contributed by atoms with Crippen LogP contribution in [0.5, 0.6) is 0 Å². The van der Waals surface area contributed by atoms with E-state index in [1.54, 1.807) is 19.9 Å². The molecule has 0 bridgehead atoms. The van der Waals surface area contributed by atoms with Gasteiger partial charge < -0.3 is 15.4 Å². The van der Waals surface area contributed by atoms with Crippen molar-refractivity contribution >= 4 is 21.6 Å². The molecule has 29 heavy (non-hydrogen) atoms. The summed E-state index contributed by atoms with van der Waals surface area (Å²) in [6.07, 6.45) is 2.31. The van der Waals surface area contributed by atoms with Crippen LogP contribution in [-0.4, -0.2) is 54.9 Å². The first-order valence-corrected chi connectivity index (χ1v) is 11.2. The summed E-state index contributed by atoms with van der Waals surface area (Å²) < 4.78 is 45.1. The number of nitrogens with two attached hydrogens (primary N) is 1. The number of morpholine rings is 1. The molecule has 1 saturated carbocycles. The highest BCUT2D eigenvalue weighted by molar-refractivity contribution is 7.93. The summed E-state index contributed by atoms with van der Waals surface area (Å²) in [6, 6.07) is 2.70. The van der Waals surface area contributed by atoms with Gasteiger partial charge in [-0.15, -0.1) is 0 Å². The summed E-state index contributed by atoms with van der Waals surface area (Å²) in [7, 11) is -3.44. The first kappa shape index (κ1) is 20.0. The summed E-state index contributed by atoms with van der Waals surface area (Å²) in [5, 5.41) is -0.537. The zero-order valence-corrected chi connectivity index (χ0v) is 17.2. The maximum atomic E-state index is 14.6. The number of hydrogen-bond donors (Lipinski definition) is 1. The molecule has 10 heteroatoms. The van der Waals surface area contributed by atoms with E-state index in [0.717, 1.165) is 6.07 Å². The van der Waals surface area contributed by atoms with Gasteiger partial charge in [0.1, 0.15) is 16.4 Å². The Labute approximate surface area is 169 Å². The monoisotopic (exact) mass is 421 g/mol. The van der Waals surface area contributed by atoms with Crippen LogP contribution in [0, 0.1) is 5.82 Å². The maximum absolute atomic E-state index is 14.6. The van der Waals surface area contributed by atoms with Crippen LogP contribution in [0.1, 0.15) is 32.4 Å². The lowest BCUT2D eigenvalue weighted by Crippen LogP contribution is -2.38. The lowest BCUT2D eigenvalue weighted by Gasteiger charge is -2.28. The van der Waals surface area contributed by atoms with E-state index in [-0.39, 0.29) is 11.4 Å². The molecule has 1 aliphatic carbocycles. The van der Waals surface area contributed by atoms with E-state index in [0.29, 0.717) is 56.5 Å². The largest absolute Gasteiger partial charge is 0.384 e. The molecular formula is C19H24FN5O3S. The standard InChI is InChI=1S/C19H24FN5O3S/c1-12(2)29(26,27)19(3-4-19)16-10-15(13-11-22-17(21)9-14(13)20)23-18(24-16)25-5-7-28-8-6-25/h9-12H,3-8H2,1-2H3,(H2,21,22). The molecule has 1 saturated heterocycles. The van der Waals surface area contributed by atoms with Crippen molar-refractivity contribution in [1.29, 1.82) is 0 Å². The molecular weight excluding hydrogens is 397 g/mol. The minimum atomic E-state index is -3.44. The fourth-order valence-electron chi connectivity index (χ4n) is 3.60. The smallest absolute Gasteiger partial charge is 0.226 e. The van der Waals surface area contributed by atoms with Gasteiger partial charge in [0.2, 0.25) is 5.95 Å². The van der Waals surface area contributed by atoms with E-state index < -0.39 is 25.7 Å². The summed E-state index contributed by atoms with van der Waals surface area (Å²) in [6.45, 7) is 5.55. The Morgan fingerprint density at radius 3 is 2.48 bits per heavy atom. The highest BCUT2D eigenvalue weighted by atomic mass is 32.2. The van der Waals surface area contributed by atoms with E-state index in [1.165, 1.54) is 6.20 Å². The lowest BCUT2D eigenvalue weighted by molar-refractivity contribution is 0.122. The minimum Gasteiger partial charge on any atom is -0.384 e. The van der Waals surface area contributed by atoms with Crippen LogP contribution in [-0.2, 0) is 19.3 Å². The Morgan fingerprint density at radius 2 is 1.90 bits per heavy atom. The molecule has 0 spiro atoms. The second-order valence-corrected chi connectivity index (χ2v) is 10.5. The van der Waals surface area contributed by atoms with Crippen molar-refractivity contribution in [3.63, 3.8) is 0 Å². The summed E-state index contributed by atoms with van der Waals surface area (Å²) in [5.74, 6) is -0.121. The van der Waals surface area contributed by atoms with Crippen molar-refractivity contribution in [2.75, 3.05) is 36.9 Å². The van der Waals surface area contributed by atoms with E-state index in [2.05, 4.69) is 15.0 Å². The fourth-order valence-corrected chi connectivity index (χ4v) is 5.57. The second kappa shape index (κ2) is 7.17. The average Bonchev–Trinajstić information content (AvgIpc) is 3.51.